The molecule has 26 heavy (non-hydrogen) atoms. The molecule has 0 amide bonds. The van der Waals surface area contributed by atoms with Gasteiger partial charge in [-0.25, -0.2) is 13.8 Å². The molecule has 0 saturated heterocycles. The summed E-state index contributed by atoms with van der Waals surface area (Å²) in [5.41, 5.74) is 2.94. The van der Waals surface area contributed by atoms with Crippen molar-refractivity contribution >= 4 is 11.2 Å². The maximum atomic E-state index is 12.4. The minimum atomic E-state index is -2.43. The molecule has 0 aliphatic heterocycles. The van der Waals surface area contributed by atoms with E-state index in [4.69, 9.17) is 4.74 Å². The lowest BCUT2D eigenvalue weighted by atomic mass is 10.1. The van der Waals surface area contributed by atoms with Crippen LogP contribution in [-0.4, -0.2) is 30.7 Å². The highest BCUT2D eigenvalue weighted by Gasteiger charge is 2.11. The summed E-state index contributed by atoms with van der Waals surface area (Å²) in [6, 6.07) is 13.1. The highest BCUT2D eigenvalue weighted by atomic mass is 19.3. The number of imidazole rings is 1. The van der Waals surface area contributed by atoms with Gasteiger partial charge in [0, 0.05) is 25.0 Å². The van der Waals surface area contributed by atoms with Gasteiger partial charge in [-0.05, 0) is 42.5 Å². The van der Waals surface area contributed by atoms with Crippen molar-refractivity contribution in [3.63, 3.8) is 0 Å². The highest BCUT2D eigenvalue weighted by molar-refractivity contribution is 5.72. The van der Waals surface area contributed by atoms with Crippen LogP contribution in [0.5, 0.6) is 11.8 Å². The molecular formula is C18H15F2N5O. The number of hydrogen-bond acceptors (Lipinski definition) is 4. The molecule has 4 rings (SSSR count). The van der Waals surface area contributed by atoms with Crippen molar-refractivity contribution in [2.24, 2.45) is 7.05 Å². The van der Waals surface area contributed by atoms with E-state index in [1.165, 1.54) is 4.68 Å². The molecule has 0 radical (unpaired) electrons. The number of halogens is 2. The minimum absolute atomic E-state index is 0.415. The Morgan fingerprint density at radius 3 is 2.65 bits per heavy atom. The number of nitrogens with zero attached hydrogens (tertiary/aromatic N) is 5. The van der Waals surface area contributed by atoms with Crippen molar-refractivity contribution in [3.8, 4) is 23.0 Å². The van der Waals surface area contributed by atoms with Gasteiger partial charge in [0.25, 0.3) is 6.43 Å². The van der Waals surface area contributed by atoms with Crippen LogP contribution < -0.4 is 4.74 Å². The van der Waals surface area contributed by atoms with Crippen molar-refractivity contribution in [2.75, 3.05) is 0 Å². The number of rotatable bonds is 5. The van der Waals surface area contributed by atoms with Crippen LogP contribution in [0.25, 0.3) is 22.4 Å². The van der Waals surface area contributed by atoms with E-state index in [1.54, 1.807) is 35.2 Å². The molecule has 0 spiro atoms. The monoisotopic (exact) mass is 355 g/mol. The molecule has 0 N–H and O–H groups in total. The number of benzene rings is 1. The van der Waals surface area contributed by atoms with E-state index in [2.05, 4.69) is 15.1 Å². The lowest BCUT2D eigenvalue weighted by Gasteiger charge is -2.05. The smallest absolute Gasteiger partial charge is 0.303 e. The first-order valence-electron chi connectivity index (χ1n) is 7.97. The van der Waals surface area contributed by atoms with Crippen LogP contribution in [0, 0.1) is 0 Å². The van der Waals surface area contributed by atoms with Gasteiger partial charge in [0.1, 0.15) is 17.8 Å². The molecule has 0 aliphatic rings. The van der Waals surface area contributed by atoms with Gasteiger partial charge in [0.05, 0.1) is 5.69 Å². The standard InChI is InChI=1S/C18H15F2N5O/c1-24-17-15(3-2-9-21-17)22-18(24)26-13-6-4-12(5-7-13)14-8-10-25(23-14)11-16(19)20/h2-10,16H,11H2,1H3. The van der Waals surface area contributed by atoms with E-state index in [0.717, 1.165) is 16.7 Å². The molecule has 0 bridgehead atoms. The van der Waals surface area contributed by atoms with E-state index in [0.29, 0.717) is 17.5 Å². The average Bonchev–Trinajstić information content (AvgIpc) is 3.21. The fraction of sp³-hybridized carbons (Fsp3) is 0.167. The second-order valence-electron chi connectivity index (χ2n) is 5.74. The molecule has 3 heterocycles. The van der Waals surface area contributed by atoms with E-state index < -0.39 is 13.0 Å². The normalized spacial score (nSPS) is 11.4. The molecule has 0 fully saturated rings. The molecule has 0 unspecified atom stereocenters. The number of aromatic nitrogens is 5. The predicted octanol–water partition coefficient (Wildman–Crippen LogP) is 3.89. The zero-order chi connectivity index (χ0) is 18.1. The van der Waals surface area contributed by atoms with Gasteiger partial charge in [0.15, 0.2) is 5.65 Å². The van der Waals surface area contributed by atoms with Gasteiger partial charge in [-0.15, -0.1) is 0 Å². The first kappa shape index (κ1) is 16.2. The van der Waals surface area contributed by atoms with Gasteiger partial charge in [-0.3, -0.25) is 9.25 Å². The first-order chi connectivity index (χ1) is 12.6. The molecule has 0 aliphatic carbocycles. The van der Waals surface area contributed by atoms with E-state index in [-0.39, 0.29) is 0 Å². The molecule has 6 nitrogen and oxygen atoms in total. The van der Waals surface area contributed by atoms with E-state index >= 15 is 0 Å². The summed E-state index contributed by atoms with van der Waals surface area (Å²) in [7, 11) is 1.84. The number of alkyl halides is 2. The van der Waals surface area contributed by atoms with Crippen LogP contribution in [-0.2, 0) is 13.6 Å². The molecule has 4 aromatic rings. The molecular weight excluding hydrogens is 340 g/mol. The summed E-state index contributed by atoms with van der Waals surface area (Å²) < 4.78 is 33.7. The largest absolute Gasteiger partial charge is 0.425 e. The molecule has 0 atom stereocenters. The Morgan fingerprint density at radius 1 is 1.12 bits per heavy atom. The Morgan fingerprint density at radius 2 is 1.92 bits per heavy atom. The maximum absolute atomic E-state index is 12.4. The Bertz CT molecular complexity index is 1040. The lowest BCUT2D eigenvalue weighted by molar-refractivity contribution is 0.122. The Labute approximate surface area is 147 Å². The number of aryl methyl sites for hydroxylation is 1. The van der Waals surface area contributed by atoms with Crippen LogP contribution in [0.4, 0.5) is 8.78 Å². The van der Waals surface area contributed by atoms with Crippen molar-refractivity contribution in [1.29, 1.82) is 0 Å². The molecule has 8 heteroatoms. The van der Waals surface area contributed by atoms with E-state index in [9.17, 15) is 8.78 Å². The Balaban J connectivity index is 1.54. The Kier molecular flexibility index (Phi) is 4.08. The Hall–Kier alpha value is -3.29. The van der Waals surface area contributed by atoms with Crippen molar-refractivity contribution in [1.82, 2.24) is 24.3 Å². The van der Waals surface area contributed by atoms with Crippen molar-refractivity contribution in [2.45, 2.75) is 13.0 Å². The van der Waals surface area contributed by atoms with Crippen LogP contribution in [0.15, 0.2) is 54.9 Å². The fourth-order valence-electron chi connectivity index (χ4n) is 2.65. The van der Waals surface area contributed by atoms with E-state index in [1.807, 2.05) is 31.3 Å². The summed E-state index contributed by atoms with van der Waals surface area (Å²) >= 11 is 0. The lowest BCUT2D eigenvalue weighted by Crippen LogP contribution is -2.06. The van der Waals surface area contributed by atoms with Gasteiger partial charge in [-0.2, -0.15) is 10.1 Å². The summed E-state index contributed by atoms with van der Waals surface area (Å²) in [6.07, 6.45) is 0.815. The number of hydrogen-bond donors (Lipinski definition) is 0. The zero-order valence-corrected chi connectivity index (χ0v) is 13.9. The van der Waals surface area contributed by atoms with Crippen LogP contribution >= 0.6 is 0 Å². The third kappa shape index (κ3) is 3.13. The third-order valence-electron chi connectivity index (χ3n) is 3.91. The number of pyridine rings is 1. The van der Waals surface area contributed by atoms with Crippen LogP contribution in [0.3, 0.4) is 0 Å². The minimum Gasteiger partial charge on any atom is -0.425 e. The number of fused-ring (bicyclic) bond motifs is 1. The molecule has 132 valence electrons. The summed E-state index contributed by atoms with van der Waals surface area (Å²) in [5.74, 6) is 0.610. The zero-order valence-electron chi connectivity index (χ0n) is 13.9. The third-order valence-corrected chi connectivity index (χ3v) is 3.91. The average molecular weight is 355 g/mol. The van der Waals surface area contributed by atoms with Crippen molar-refractivity contribution < 1.29 is 13.5 Å². The maximum Gasteiger partial charge on any atom is 0.303 e. The second-order valence-corrected chi connectivity index (χ2v) is 5.74. The molecule has 1 aromatic carbocycles. The van der Waals surface area contributed by atoms with Gasteiger partial charge < -0.3 is 4.74 Å². The molecule has 0 saturated carbocycles. The van der Waals surface area contributed by atoms with Crippen molar-refractivity contribution in [3.05, 3.63) is 54.9 Å². The fourth-order valence-corrected chi connectivity index (χ4v) is 2.65. The second kappa shape index (κ2) is 6.55. The summed E-state index contributed by atoms with van der Waals surface area (Å²) in [4.78, 5) is 8.69. The predicted molar refractivity (Wildman–Crippen MR) is 92.3 cm³/mol. The quantitative estimate of drug-likeness (QED) is 0.545. The van der Waals surface area contributed by atoms with Crippen LogP contribution in [0.2, 0.25) is 0 Å². The summed E-state index contributed by atoms with van der Waals surface area (Å²) in [5, 5.41) is 4.15. The SMILES string of the molecule is Cn1c(Oc2ccc(-c3ccn(CC(F)F)n3)cc2)nc2cccnc21. The van der Waals surface area contributed by atoms with Gasteiger partial charge in [0.2, 0.25) is 0 Å². The van der Waals surface area contributed by atoms with Crippen LogP contribution in [0.1, 0.15) is 0 Å². The summed E-state index contributed by atoms with van der Waals surface area (Å²) in [6.45, 7) is -0.415. The highest BCUT2D eigenvalue weighted by Crippen LogP contribution is 2.26. The van der Waals surface area contributed by atoms with Gasteiger partial charge in [-0.1, -0.05) is 0 Å². The number of ether oxygens (including phenoxy) is 1. The first-order valence-corrected chi connectivity index (χ1v) is 7.97. The molecule has 3 aromatic heterocycles. The topological polar surface area (TPSA) is 57.8 Å². The van der Waals surface area contributed by atoms with Gasteiger partial charge >= 0.3 is 6.01 Å².